The number of ether oxygens (including phenoxy) is 1. The largest absolute Gasteiger partial charge is 0.481 e. The molecule has 29 heavy (non-hydrogen) atoms. The normalized spacial score (nSPS) is 14.4. The lowest BCUT2D eigenvalue weighted by molar-refractivity contribution is -0.127. The first kappa shape index (κ1) is 19.2. The van der Waals surface area contributed by atoms with Gasteiger partial charge in [-0.2, -0.15) is 0 Å². The van der Waals surface area contributed by atoms with Crippen molar-refractivity contribution in [2.24, 2.45) is 0 Å². The van der Waals surface area contributed by atoms with Gasteiger partial charge in [0.05, 0.1) is 18.6 Å². The summed E-state index contributed by atoms with van der Waals surface area (Å²) in [6.45, 7) is 4.90. The summed E-state index contributed by atoms with van der Waals surface area (Å²) in [6, 6.07) is 5.44. The van der Waals surface area contributed by atoms with Gasteiger partial charge in [-0.15, -0.1) is 0 Å². The standard InChI is InChI=1S/C22H25N3O4/c1-3-25-13-23-11-15(25)12-24-21(26)14(2)28-16-8-9-18-17-6-4-5-7-19(17)22(27)29-20(18)10-16/h8-11,13-14H,3-7,12H2,1-2H3,(H,24,26). The third-order valence-corrected chi connectivity index (χ3v) is 5.46. The highest BCUT2D eigenvalue weighted by Gasteiger charge is 2.19. The molecule has 1 aliphatic rings. The van der Waals surface area contributed by atoms with E-state index >= 15 is 0 Å². The van der Waals surface area contributed by atoms with E-state index in [2.05, 4.69) is 10.3 Å². The first-order valence-corrected chi connectivity index (χ1v) is 10.1. The van der Waals surface area contributed by atoms with Crippen LogP contribution in [0.25, 0.3) is 11.0 Å². The van der Waals surface area contributed by atoms with Crippen LogP contribution in [0.1, 0.15) is 43.5 Å². The second-order valence-electron chi connectivity index (χ2n) is 7.36. The summed E-state index contributed by atoms with van der Waals surface area (Å²) in [5.74, 6) is 0.276. The lowest BCUT2D eigenvalue weighted by Gasteiger charge is -2.18. The van der Waals surface area contributed by atoms with Crippen molar-refractivity contribution in [3.63, 3.8) is 0 Å². The molecule has 1 N–H and O–H groups in total. The Labute approximate surface area is 168 Å². The number of nitrogens with zero attached hydrogens (tertiary/aromatic N) is 2. The van der Waals surface area contributed by atoms with E-state index in [1.54, 1.807) is 25.5 Å². The van der Waals surface area contributed by atoms with Crippen LogP contribution >= 0.6 is 0 Å². The third kappa shape index (κ3) is 3.90. The molecule has 7 heteroatoms. The van der Waals surface area contributed by atoms with Crippen LogP contribution in [0.4, 0.5) is 0 Å². The fraction of sp³-hybridized carbons (Fsp3) is 0.409. The predicted molar refractivity (Wildman–Crippen MR) is 109 cm³/mol. The highest BCUT2D eigenvalue weighted by molar-refractivity contribution is 5.83. The molecule has 0 spiro atoms. The molecule has 1 amide bonds. The fourth-order valence-corrected chi connectivity index (χ4v) is 3.86. The summed E-state index contributed by atoms with van der Waals surface area (Å²) in [5, 5.41) is 3.82. The topological polar surface area (TPSA) is 86.4 Å². The Balaban J connectivity index is 1.47. The zero-order valence-corrected chi connectivity index (χ0v) is 16.7. The van der Waals surface area contributed by atoms with Gasteiger partial charge in [0.15, 0.2) is 6.10 Å². The number of hydrogen-bond acceptors (Lipinski definition) is 5. The second-order valence-corrected chi connectivity index (χ2v) is 7.36. The number of nitrogens with one attached hydrogen (secondary N) is 1. The van der Waals surface area contributed by atoms with Gasteiger partial charge in [-0.05, 0) is 57.2 Å². The van der Waals surface area contributed by atoms with E-state index in [0.29, 0.717) is 17.9 Å². The van der Waals surface area contributed by atoms with Gasteiger partial charge in [-0.3, -0.25) is 4.79 Å². The molecule has 2 aromatic heterocycles. The monoisotopic (exact) mass is 395 g/mol. The first-order chi connectivity index (χ1) is 14.1. The van der Waals surface area contributed by atoms with E-state index in [0.717, 1.165) is 54.4 Å². The zero-order valence-electron chi connectivity index (χ0n) is 16.7. The summed E-state index contributed by atoms with van der Waals surface area (Å²) in [4.78, 5) is 28.8. The Kier molecular flexibility index (Phi) is 5.38. The van der Waals surface area contributed by atoms with E-state index in [-0.39, 0.29) is 11.5 Å². The van der Waals surface area contributed by atoms with Crippen molar-refractivity contribution >= 4 is 16.9 Å². The quantitative estimate of drug-likeness (QED) is 0.649. The first-order valence-electron chi connectivity index (χ1n) is 10.1. The lowest BCUT2D eigenvalue weighted by Crippen LogP contribution is -2.36. The molecule has 0 bridgehead atoms. The van der Waals surface area contributed by atoms with Gasteiger partial charge in [0.2, 0.25) is 0 Å². The van der Waals surface area contributed by atoms with Crippen molar-refractivity contribution in [2.45, 2.75) is 58.7 Å². The van der Waals surface area contributed by atoms with Crippen molar-refractivity contribution in [3.8, 4) is 5.75 Å². The maximum atomic E-state index is 12.4. The summed E-state index contributed by atoms with van der Waals surface area (Å²) in [5.41, 5.74) is 3.07. The molecule has 0 fully saturated rings. The molecule has 7 nitrogen and oxygen atoms in total. The van der Waals surface area contributed by atoms with Crippen molar-refractivity contribution in [1.29, 1.82) is 0 Å². The Morgan fingerprint density at radius 2 is 2.10 bits per heavy atom. The average Bonchev–Trinajstić information content (AvgIpc) is 3.19. The molecular formula is C22H25N3O4. The molecule has 152 valence electrons. The molecule has 1 aliphatic carbocycles. The van der Waals surface area contributed by atoms with Crippen LogP contribution in [-0.2, 0) is 30.7 Å². The van der Waals surface area contributed by atoms with Crippen molar-refractivity contribution in [3.05, 3.63) is 58.0 Å². The van der Waals surface area contributed by atoms with E-state index in [1.165, 1.54) is 0 Å². The zero-order chi connectivity index (χ0) is 20.4. The summed E-state index contributed by atoms with van der Waals surface area (Å²) < 4.78 is 13.3. The van der Waals surface area contributed by atoms with Crippen molar-refractivity contribution in [1.82, 2.24) is 14.9 Å². The Morgan fingerprint density at radius 1 is 1.31 bits per heavy atom. The Morgan fingerprint density at radius 3 is 2.90 bits per heavy atom. The second kappa shape index (κ2) is 8.11. The number of rotatable bonds is 6. The maximum absolute atomic E-state index is 12.4. The number of carbonyl (C=O) groups is 1. The van der Waals surface area contributed by atoms with Crippen LogP contribution in [0.3, 0.4) is 0 Å². The lowest BCUT2D eigenvalue weighted by atomic mass is 9.91. The van der Waals surface area contributed by atoms with Gasteiger partial charge in [-0.1, -0.05) is 0 Å². The molecule has 0 aliphatic heterocycles. The summed E-state index contributed by atoms with van der Waals surface area (Å²) >= 11 is 0. The molecule has 1 aromatic carbocycles. The van der Waals surface area contributed by atoms with Gasteiger partial charge in [0.1, 0.15) is 11.3 Å². The number of benzene rings is 1. The molecule has 1 unspecified atom stereocenters. The molecule has 2 heterocycles. The van der Waals surface area contributed by atoms with E-state index in [4.69, 9.17) is 9.15 Å². The number of aryl methyl sites for hydroxylation is 2. The van der Waals surface area contributed by atoms with E-state index in [9.17, 15) is 9.59 Å². The maximum Gasteiger partial charge on any atom is 0.339 e. The number of imidazole rings is 1. The fourth-order valence-electron chi connectivity index (χ4n) is 3.86. The molecule has 4 rings (SSSR count). The summed E-state index contributed by atoms with van der Waals surface area (Å²) in [7, 11) is 0. The van der Waals surface area contributed by atoms with Crippen LogP contribution in [-0.4, -0.2) is 21.6 Å². The van der Waals surface area contributed by atoms with E-state index < -0.39 is 6.10 Å². The third-order valence-electron chi connectivity index (χ3n) is 5.46. The summed E-state index contributed by atoms with van der Waals surface area (Å²) in [6.07, 6.45) is 6.57. The van der Waals surface area contributed by atoms with Gasteiger partial charge in [0.25, 0.3) is 5.91 Å². The Bertz CT molecular complexity index is 1100. The minimum Gasteiger partial charge on any atom is -0.481 e. The van der Waals surface area contributed by atoms with E-state index in [1.807, 2.05) is 23.6 Å². The number of aromatic nitrogens is 2. The van der Waals surface area contributed by atoms with Gasteiger partial charge in [0, 0.05) is 29.8 Å². The van der Waals surface area contributed by atoms with Crippen molar-refractivity contribution in [2.75, 3.05) is 0 Å². The van der Waals surface area contributed by atoms with Crippen LogP contribution < -0.4 is 15.7 Å². The number of carbonyl (C=O) groups excluding carboxylic acids is 1. The molecule has 3 aromatic rings. The SMILES string of the molecule is CCn1cncc1CNC(=O)C(C)Oc1ccc2c3c(c(=O)oc2c1)CCCC3. The highest BCUT2D eigenvalue weighted by atomic mass is 16.5. The van der Waals surface area contributed by atoms with Crippen LogP contribution in [0.2, 0.25) is 0 Å². The minimum atomic E-state index is -0.685. The number of hydrogen-bond donors (Lipinski definition) is 1. The number of amides is 1. The minimum absolute atomic E-state index is 0.221. The molecule has 0 saturated heterocycles. The molecule has 0 radical (unpaired) electrons. The molecule has 1 atom stereocenters. The average molecular weight is 395 g/mol. The molecule has 0 saturated carbocycles. The predicted octanol–water partition coefficient (Wildman–Crippen LogP) is 2.97. The van der Waals surface area contributed by atoms with Gasteiger partial charge < -0.3 is 19.0 Å². The van der Waals surface area contributed by atoms with Crippen LogP contribution in [0, 0.1) is 0 Å². The smallest absolute Gasteiger partial charge is 0.339 e. The number of fused-ring (bicyclic) bond motifs is 3. The van der Waals surface area contributed by atoms with Crippen molar-refractivity contribution < 1.29 is 13.9 Å². The van der Waals surface area contributed by atoms with Crippen LogP contribution in [0.15, 0.2) is 39.9 Å². The van der Waals surface area contributed by atoms with Gasteiger partial charge in [-0.25, -0.2) is 9.78 Å². The van der Waals surface area contributed by atoms with Gasteiger partial charge >= 0.3 is 5.63 Å². The Hall–Kier alpha value is -3.09. The highest BCUT2D eigenvalue weighted by Crippen LogP contribution is 2.29. The van der Waals surface area contributed by atoms with Crippen LogP contribution in [0.5, 0.6) is 5.75 Å². The molecular weight excluding hydrogens is 370 g/mol.